The standard InChI is InChI=1S/C34H29Cl2N3O4S/c1-20-5-10-24(11-6-20)38-34-39(26-13-7-21(2)8-14-26)33(41)30(44-34)17-23-15-28(36)32(29(16-23)42-4)43-19-31(40)37-25-12-9-22(3)27(35)18-25/h5-18H,19H2,1-4H3,(H,37,40)/b30-17-,38-34?. The first-order valence-electron chi connectivity index (χ1n) is 13.6. The van der Waals surface area contributed by atoms with Gasteiger partial charge in [-0.1, -0.05) is 64.7 Å². The lowest BCUT2D eigenvalue weighted by atomic mass is 10.1. The molecule has 0 saturated carbocycles. The molecule has 1 aliphatic rings. The number of amides is 2. The Balaban J connectivity index is 1.39. The van der Waals surface area contributed by atoms with Crippen molar-refractivity contribution in [1.29, 1.82) is 0 Å². The number of nitrogens with zero attached hydrogens (tertiary/aromatic N) is 2. The normalized spacial score (nSPS) is 14.8. The molecule has 7 nitrogen and oxygen atoms in total. The molecule has 4 aromatic rings. The predicted octanol–water partition coefficient (Wildman–Crippen LogP) is 8.75. The van der Waals surface area contributed by atoms with Gasteiger partial charge in [-0.15, -0.1) is 0 Å². The first-order chi connectivity index (χ1) is 21.1. The number of methoxy groups -OCH3 is 1. The van der Waals surface area contributed by atoms with Crippen LogP contribution >= 0.6 is 35.0 Å². The van der Waals surface area contributed by atoms with Crippen LogP contribution in [0.1, 0.15) is 22.3 Å². The SMILES string of the molecule is COc1cc(/C=C2\SC(=Nc3ccc(C)cc3)N(c3ccc(C)cc3)C2=O)cc(Cl)c1OCC(=O)Nc1ccc(C)c(Cl)c1. The van der Waals surface area contributed by atoms with Crippen molar-refractivity contribution in [2.24, 2.45) is 4.99 Å². The smallest absolute Gasteiger partial charge is 0.271 e. The Kier molecular flexibility index (Phi) is 9.64. The van der Waals surface area contributed by atoms with Gasteiger partial charge in [0.2, 0.25) is 0 Å². The summed E-state index contributed by atoms with van der Waals surface area (Å²) in [6.45, 7) is 5.58. The lowest BCUT2D eigenvalue weighted by molar-refractivity contribution is -0.118. The number of thioether (sulfide) groups is 1. The molecule has 0 aromatic heterocycles. The number of carbonyl (C=O) groups is 2. The topological polar surface area (TPSA) is 80.2 Å². The van der Waals surface area contributed by atoms with Gasteiger partial charge in [0.15, 0.2) is 23.3 Å². The molecule has 2 amide bonds. The molecule has 0 spiro atoms. The Bertz CT molecular complexity index is 1790. The van der Waals surface area contributed by atoms with E-state index in [0.717, 1.165) is 22.4 Å². The maximum absolute atomic E-state index is 13.7. The van der Waals surface area contributed by atoms with Crippen LogP contribution in [0.5, 0.6) is 11.5 Å². The van der Waals surface area contributed by atoms with Crippen molar-refractivity contribution >= 4 is 75.1 Å². The maximum Gasteiger partial charge on any atom is 0.271 e. The van der Waals surface area contributed by atoms with E-state index in [0.29, 0.717) is 37.8 Å². The Labute approximate surface area is 270 Å². The fourth-order valence-corrected chi connectivity index (χ4v) is 5.78. The quantitative estimate of drug-likeness (QED) is 0.194. The van der Waals surface area contributed by atoms with Crippen LogP contribution in [0.15, 0.2) is 88.8 Å². The Morgan fingerprint density at radius 3 is 2.27 bits per heavy atom. The lowest BCUT2D eigenvalue weighted by Gasteiger charge is -2.16. The van der Waals surface area contributed by atoms with Gasteiger partial charge in [0.25, 0.3) is 11.8 Å². The van der Waals surface area contributed by atoms with Gasteiger partial charge in [-0.05, 0) is 98.3 Å². The van der Waals surface area contributed by atoms with Crippen molar-refractivity contribution in [2.45, 2.75) is 20.8 Å². The van der Waals surface area contributed by atoms with Gasteiger partial charge < -0.3 is 14.8 Å². The second kappa shape index (κ2) is 13.6. The average molecular weight is 647 g/mol. The molecule has 5 rings (SSSR count). The highest BCUT2D eigenvalue weighted by Crippen LogP contribution is 2.40. The summed E-state index contributed by atoms with van der Waals surface area (Å²) >= 11 is 14.0. The number of halogens is 2. The van der Waals surface area contributed by atoms with Gasteiger partial charge in [-0.25, -0.2) is 4.99 Å². The van der Waals surface area contributed by atoms with Crippen molar-refractivity contribution in [2.75, 3.05) is 23.9 Å². The summed E-state index contributed by atoms with van der Waals surface area (Å²) < 4.78 is 11.3. The van der Waals surface area contributed by atoms with E-state index in [1.165, 1.54) is 18.9 Å². The van der Waals surface area contributed by atoms with Crippen LogP contribution < -0.4 is 19.7 Å². The number of benzene rings is 4. The number of amidine groups is 1. The van der Waals surface area contributed by atoms with E-state index in [1.807, 2.05) is 75.4 Å². The summed E-state index contributed by atoms with van der Waals surface area (Å²) in [4.78, 5) is 33.1. The number of aliphatic imine (C=N–C) groups is 1. The van der Waals surface area contributed by atoms with Gasteiger partial charge in [0, 0.05) is 10.7 Å². The van der Waals surface area contributed by atoms with Crippen LogP contribution in [0.4, 0.5) is 17.1 Å². The zero-order chi connectivity index (χ0) is 31.4. The van der Waals surface area contributed by atoms with Gasteiger partial charge in [-0.3, -0.25) is 14.5 Å². The molecule has 1 heterocycles. The zero-order valence-corrected chi connectivity index (χ0v) is 26.8. The van der Waals surface area contributed by atoms with Crippen LogP contribution in [0.3, 0.4) is 0 Å². The van der Waals surface area contributed by atoms with E-state index in [4.69, 9.17) is 37.7 Å². The molecular weight excluding hydrogens is 617 g/mol. The molecule has 0 aliphatic carbocycles. The Morgan fingerprint density at radius 1 is 0.932 bits per heavy atom. The molecule has 1 fully saturated rings. The highest BCUT2D eigenvalue weighted by molar-refractivity contribution is 8.19. The molecule has 44 heavy (non-hydrogen) atoms. The first kappa shape index (κ1) is 31.2. The van der Waals surface area contributed by atoms with Gasteiger partial charge in [0.05, 0.1) is 28.4 Å². The van der Waals surface area contributed by atoms with Gasteiger partial charge in [0.1, 0.15) is 0 Å². The number of hydrogen-bond donors (Lipinski definition) is 1. The van der Waals surface area contributed by atoms with Gasteiger partial charge in [-0.2, -0.15) is 0 Å². The summed E-state index contributed by atoms with van der Waals surface area (Å²) in [6, 6.07) is 24.1. The fraction of sp³-hybridized carbons (Fsp3) is 0.147. The average Bonchev–Trinajstić information content (AvgIpc) is 3.29. The summed E-state index contributed by atoms with van der Waals surface area (Å²) in [5, 5.41) is 4.06. The second-order valence-electron chi connectivity index (χ2n) is 10.2. The molecular formula is C34H29Cl2N3O4S. The molecule has 1 aliphatic heterocycles. The lowest BCUT2D eigenvalue weighted by Crippen LogP contribution is -2.28. The molecule has 1 N–H and O–H groups in total. The third-order valence-electron chi connectivity index (χ3n) is 6.71. The van der Waals surface area contributed by atoms with Crippen molar-refractivity contribution in [3.8, 4) is 11.5 Å². The highest BCUT2D eigenvalue weighted by atomic mass is 35.5. The fourth-order valence-electron chi connectivity index (χ4n) is 4.32. The van der Waals surface area contributed by atoms with Crippen molar-refractivity contribution in [3.63, 3.8) is 0 Å². The maximum atomic E-state index is 13.7. The summed E-state index contributed by atoms with van der Waals surface area (Å²) in [5.41, 5.74) is 5.74. The predicted molar refractivity (Wildman–Crippen MR) is 181 cm³/mol. The molecule has 0 bridgehead atoms. The van der Waals surface area contributed by atoms with E-state index in [2.05, 4.69) is 5.32 Å². The second-order valence-corrected chi connectivity index (χ2v) is 12.0. The number of carbonyl (C=O) groups excluding carboxylic acids is 2. The van der Waals surface area contributed by atoms with Crippen LogP contribution in [0.2, 0.25) is 10.0 Å². The Morgan fingerprint density at radius 2 is 1.61 bits per heavy atom. The van der Waals surface area contributed by atoms with E-state index in [9.17, 15) is 9.59 Å². The van der Waals surface area contributed by atoms with Crippen LogP contribution in [-0.4, -0.2) is 30.7 Å². The van der Waals surface area contributed by atoms with E-state index >= 15 is 0 Å². The number of nitrogens with one attached hydrogen (secondary N) is 1. The molecule has 4 aromatic carbocycles. The largest absolute Gasteiger partial charge is 0.493 e. The van der Waals surface area contributed by atoms with Crippen molar-refractivity contribution in [3.05, 3.63) is 116 Å². The first-order valence-corrected chi connectivity index (χ1v) is 15.2. The monoisotopic (exact) mass is 645 g/mol. The minimum absolute atomic E-state index is 0.210. The van der Waals surface area contributed by atoms with Crippen molar-refractivity contribution in [1.82, 2.24) is 0 Å². The number of anilines is 2. The summed E-state index contributed by atoms with van der Waals surface area (Å²) in [5.74, 6) is -0.0802. The molecule has 1 saturated heterocycles. The molecule has 10 heteroatoms. The van der Waals surface area contributed by atoms with Crippen LogP contribution in [-0.2, 0) is 9.59 Å². The molecule has 0 unspecified atom stereocenters. The zero-order valence-electron chi connectivity index (χ0n) is 24.5. The molecule has 224 valence electrons. The Hall–Kier alpha value is -4.24. The number of rotatable bonds is 8. The third-order valence-corrected chi connectivity index (χ3v) is 8.37. The highest BCUT2D eigenvalue weighted by Gasteiger charge is 2.35. The van der Waals surface area contributed by atoms with E-state index in [1.54, 1.807) is 35.2 Å². The minimum Gasteiger partial charge on any atom is -0.493 e. The molecule has 0 atom stereocenters. The third kappa shape index (κ3) is 7.27. The van der Waals surface area contributed by atoms with E-state index in [-0.39, 0.29) is 23.3 Å². The summed E-state index contributed by atoms with van der Waals surface area (Å²) in [7, 11) is 1.48. The van der Waals surface area contributed by atoms with Crippen molar-refractivity contribution < 1.29 is 19.1 Å². The summed E-state index contributed by atoms with van der Waals surface area (Å²) in [6.07, 6.45) is 1.73. The number of aryl methyl sites for hydroxylation is 3. The van der Waals surface area contributed by atoms with Crippen LogP contribution in [0.25, 0.3) is 6.08 Å². The number of ether oxygens (including phenoxy) is 2. The molecule has 0 radical (unpaired) electrons. The van der Waals surface area contributed by atoms with Gasteiger partial charge >= 0.3 is 0 Å². The minimum atomic E-state index is -0.390. The van der Waals surface area contributed by atoms with E-state index < -0.39 is 5.91 Å². The van der Waals surface area contributed by atoms with Crippen LogP contribution in [0, 0.1) is 20.8 Å². The number of hydrogen-bond acceptors (Lipinski definition) is 6.